The number of rotatable bonds is 13. The molecule has 2 aromatic carbocycles. The summed E-state index contributed by atoms with van der Waals surface area (Å²) in [6.07, 6.45) is 0.101. The van der Waals surface area contributed by atoms with Gasteiger partial charge in [0.05, 0.1) is 5.60 Å². The molecule has 0 aliphatic carbocycles. The van der Waals surface area contributed by atoms with Crippen molar-refractivity contribution < 1.29 is 53.0 Å². The molecule has 2 fully saturated rings. The van der Waals surface area contributed by atoms with Crippen molar-refractivity contribution in [2.75, 3.05) is 34.7 Å². The van der Waals surface area contributed by atoms with Gasteiger partial charge in [0.2, 0.25) is 41.4 Å². The summed E-state index contributed by atoms with van der Waals surface area (Å²) in [5.74, 6) is -8.65. The molecule has 0 saturated carbocycles. The van der Waals surface area contributed by atoms with Gasteiger partial charge < -0.3 is 50.3 Å². The van der Waals surface area contributed by atoms with Gasteiger partial charge >= 0.3 is 5.97 Å². The average Bonchev–Trinajstić information content (AvgIpc) is 3.93. The van der Waals surface area contributed by atoms with E-state index in [1.54, 1.807) is 72.7 Å². The third-order valence-electron chi connectivity index (χ3n) is 15.8. The van der Waals surface area contributed by atoms with Crippen LogP contribution in [-0.4, -0.2) is 178 Å². The Bertz CT molecular complexity index is 2430. The van der Waals surface area contributed by atoms with E-state index in [4.69, 9.17) is 4.74 Å². The fourth-order valence-corrected chi connectivity index (χ4v) is 11.0. The Kier molecular flexibility index (Phi) is 23.6. The molecule has 8 amide bonds. The number of fused-ring (bicyclic) bond motifs is 1. The lowest BCUT2D eigenvalue weighted by Gasteiger charge is -2.39. The maximum Gasteiger partial charge on any atom is 0.332 e. The molecular weight excluding hydrogens is 1010 g/mol. The average molecular weight is 1100 g/mol. The van der Waals surface area contributed by atoms with Crippen LogP contribution >= 0.6 is 0 Å². The number of esters is 1. The van der Waals surface area contributed by atoms with E-state index in [-0.39, 0.29) is 38.1 Å². The number of hydrogen-bond acceptors (Lipinski definition) is 11. The summed E-state index contributed by atoms with van der Waals surface area (Å²) < 4.78 is 6.09. The van der Waals surface area contributed by atoms with E-state index in [0.29, 0.717) is 24.8 Å². The molecule has 2 saturated heterocycles. The highest BCUT2D eigenvalue weighted by Crippen LogP contribution is 2.27. The lowest BCUT2D eigenvalue weighted by Crippen LogP contribution is -2.63. The zero-order valence-corrected chi connectivity index (χ0v) is 49.8. The summed E-state index contributed by atoms with van der Waals surface area (Å²) in [7, 11) is 5.67. The van der Waals surface area contributed by atoms with Crippen molar-refractivity contribution in [2.45, 2.75) is 188 Å². The molecule has 79 heavy (non-hydrogen) atoms. The van der Waals surface area contributed by atoms with Crippen LogP contribution in [0.2, 0.25) is 0 Å². The van der Waals surface area contributed by atoms with Gasteiger partial charge in [-0.25, -0.2) is 4.79 Å². The Balaban J connectivity index is 1.98. The highest BCUT2D eigenvalue weighted by atomic mass is 16.6. The first-order chi connectivity index (χ1) is 37.0. The lowest BCUT2D eigenvalue weighted by atomic mass is 9.93. The molecule has 0 radical (unpaired) electrons. The summed E-state index contributed by atoms with van der Waals surface area (Å²) in [4.78, 5) is 140. The zero-order valence-electron chi connectivity index (χ0n) is 49.8. The summed E-state index contributed by atoms with van der Waals surface area (Å²) in [6, 6.07) is 8.11. The van der Waals surface area contributed by atoms with Crippen molar-refractivity contribution in [1.29, 1.82) is 0 Å². The summed E-state index contributed by atoms with van der Waals surface area (Å²) >= 11 is 0. The molecule has 4 N–H and O–H groups in total. The molecule has 438 valence electrons. The topological polar surface area (TPSA) is 235 Å². The third-order valence-corrected chi connectivity index (χ3v) is 15.8. The van der Waals surface area contributed by atoms with E-state index < -0.39 is 137 Å². The Morgan fingerprint density at radius 2 is 1.06 bits per heavy atom. The van der Waals surface area contributed by atoms with Crippen LogP contribution in [0.25, 0.3) is 0 Å². The molecule has 2 aliphatic rings. The Labute approximate surface area is 469 Å². The first-order valence-electron chi connectivity index (χ1n) is 28.3. The largest absolute Gasteiger partial charge is 0.450 e. The van der Waals surface area contributed by atoms with E-state index in [0.717, 1.165) is 10.5 Å². The highest BCUT2D eigenvalue weighted by Gasteiger charge is 2.48. The maximum atomic E-state index is 15.3. The van der Waals surface area contributed by atoms with Gasteiger partial charge in [-0.05, 0) is 74.3 Å². The van der Waals surface area contributed by atoms with Crippen LogP contribution in [0.4, 0.5) is 0 Å². The Morgan fingerprint density at radius 1 is 0.582 bits per heavy atom. The maximum absolute atomic E-state index is 15.3. The highest BCUT2D eigenvalue weighted by molar-refractivity contribution is 5.99. The molecule has 19 nitrogen and oxygen atoms in total. The second-order valence-corrected chi connectivity index (χ2v) is 23.7. The van der Waals surface area contributed by atoms with Crippen LogP contribution in [0, 0.1) is 29.6 Å². The molecule has 2 heterocycles. The van der Waals surface area contributed by atoms with Crippen LogP contribution in [-0.2, 0) is 60.7 Å². The predicted octanol–water partition coefficient (Wildman–Crippen LogP) is 4.37. The van der Waals surface area contributed by atoms with Crippen molar-refractivity contribution >= 4 is 53.2 Å². The lowest BCUT2D eigenvalue weighted by molar-refractivity contribution is -0.177. The van der Waals surface area contributed by atoms with E-state index >= 15 is 9.59 Å². The van der Waals surface area contributed by atoms with Crippen molar-refractivity contribution in [3.05, 3.63) is 71.8 Å². The van der Waals surface area contributed by atoms with Crippen LogP contribution in [0.1, 0.15) is 126 Å². The van der Waals surface area contributed by atoms with Crippen molar-refractivity contribution in [2.24, 2.45) is 29.6 Å². The number of ether oxygens (including phenoxy) is 1. The predicted molar refractivity (Wildman–Crippen MR) is 301 cm³/mol. The van der Waals surface area contributed by atoms with E-state index in [2.05, 4.69) is 16.0 Å². The number of carbonyl (C=O) groups excluding carboxylic acids is 9. The number of hydrogen-bond donors (Lipinski definition) is 4. The van der Waals surface area contributed by atoms with E-state index in [1.807, 2.05) is 57.2 Å². The molecule has 2 aliphatic heterocycles. The number of aliphatic hydroxyl groups is 1. The number of likely N-dealkylation sites (N-methyl/N-ethyl adjacent to an activating group) is 4. The van der Waals surface area contributed by atoms with Crippen LogP contribution in [0.5, 0.6) is 0 Å². The summed E-state index contributed by atoms with van der Waals surface area (Å²) in [6.45, 7) is 20.6. The monoisotopic (exact) mass is 1100 g/mol. The molecule has 19 heteroatoms. The second kappa shape index (κ2) is 28.7. The van der Waals surface area contributed by atoms with Crippen molar-refractivity contribution in [1.82, 2.24) is 40.4 Å². The van der Waals surface area contributed by atoms with Gasteiger partial charge in [0.25, 0.3) is 5.91 Å². The SMILES string of the molecule is CCC(C)[C@H]1OC(=O)[C@H](C(C)(C)O)N(C)C(=O)[C@H](CC(C)C)NC(=O)[C@H](C(C)C)N(C)C(=O)[C@H]([C@@H](C)CC)NC(=O)[C@@H]2CCCN2C(=O)[C@H](Cc2ccccc2)N(C)C(=O)[C@H](Cc2ccccc2)NC(=O)[C@H](C(C)C)N(C)C1=O. The Hall–Kier alpha value is -6.37. The first-order valence-corrected chi connectivity index (χ1v) is 28.3. The number of benzene rings is 2. The zero-order chi connectivity index (χ0) is 59.4. The summed E-state index contributed by atoms with van der Waals surface area (Å²) in [5.41, 5.74) is -0.551. The van der Waals surface area contributed by atoms with Gasteiger partial charge in [-0.1, -0.05) is 136 Å². The van der Waals surface area contributed by atoms with Crippen LogP contribution in [0.15, 0.2) is 60.7 Å². The van der Waals surface area contributed by atoms with E-state index in [1.165, 1.54) is 61.6 Å². The number of carbonyl (C=O) groups is 9. The van der Waals surface area contributed by atoms with Gasteiger partial charge in [0, 0.05) is 53.5 Å². The molecule has 0 aromatic heterocycles. The van der Waals surface area contributed by atoms with Gasteiger partial charge in [-0.2, -0.15) is 0 Å². The number of nitrogens with zero attached hydrogens (tertiary/aromatic N) is 5. The van der Waals surface area contributed by atoms with Crippen LogP contribution < -0.4 is 16.0 Å². The normalized spacial score (nSPS) is 26.5. The third kappa shape index (κ3) is 16.4. The molecule has 4 rings (SSSR count). The Morgan fingerprint density at radius 3 is 1.54 bits per heavy atom. The molecule has 0 bridgehead atoms. The molecule has 2 aromatic rings. The molecule has 1 unspecified atom stereocenters. The minimum atomic E-state index is -1.97. The van der Waals surface area contributed by atoms with E-state index in [9.17, 15) is 38.7 Å². The van der Waals surface area contributed by atoms with Gasteiger partial charge in [-0.15, -0.1) is 0 Å². The van der Waals surface area contributed by atoms with Crippen molar-refractivity contribution in [3.63, 3.8) is 0 Å². The number of amides is 8. The minimum absolute atomic E-state index is 0.00676. The number of nitrogens with one attached hydrogen (secondary N) is 3. The standard InChI is InChI=1S/C60H92N8O11/c1-17-38(9)46-57(75)65(14)47(36(5)6)52(70)61-42(32-35(3)4)55(73)67(16)50(60(11,12)78)59(77)79-49(39(10)18-2)58(76)66(15)48(37(7)8)53(71)62-43(33-40-26-21-19-22-27-40)54(72)64(13)45(34-41-28-23-20-24-29-41)56(74)68-31-25-30-44(68)51(69)63-46/h19-24,26-29,35-39,42-50,78H,17-18,25,30-34H2,1-16H3,(H,61,70)(H,62,71)(H,63,69)/t38-,39?,42-,43-,44-,45-,46-,47-,48-,49+,50+/m0/s1. The second-order valence-electron chi connectivity index (χ2n) is 23.7. The fourth-order valence-electron chi connectivity index (χ4n) is 11.0. The molecular formula is C60H92N8O11. The molecule has 11 atom stereocenters. The summed E-state index contributed by atoms with van der Waals surface area (Å²) in [5, 5.41) is 20.5. The van der Waals surface area contributed by atoms with Crippen molar-refractivity contribution in [3.8, 4) is 0 Å². The molecule has 0 spiro atoms. The quantitative estimate of drug-likeness (QED) is 0.206. The fraction of sp³-hybridized carbons (Fsp3) is 0.650. The van der Waals surface area contributed by atoms with Gasteiger partial charge in [0.15, 0.2) is 12.1 Å². The van der Waals surface area contributed by atoms with Gasteiger partial charge in [0.1, 0.15) is 42.3 Å². The minimum Gasteiger partial charge on any atom is -0.450 e. The smallest absolute Gasteiger partial charge is 0.332 e. The van der Waals surface area contributed by atoms with Crippen LogP contribution in [0.3, 0.4) is 0 Å². The first kappa shape index (κ1) is 65.2. The number of cyclic esters (lactones) is 1. The van der Waals surface area contributed by atoms with Gasteiger partial charge in [-0.3, -0.25) is 38.4 Å².